The molecule has 2 heterocycles. The van der Waals surface area contributed by atoms with Crippen molar-refractivity contribution in [2.24, 2.45) is 0 Å². The highest BCUT2D eigenvalue weighted by atomic mass is 35.5. The van der Waals surface area contributed by atoms with Crippen LogP contribution in [0.1, 0.15) is 32.0 Å². The van der Waals surface area contributed by atoms with Gasteiger partial charge < -0.3 is 0 Å². The maximum Gasteiger partial charge on any atom is 0.280 e. The number of hydrogen-bond donors (Lipinski definition) is 0. The fraction of sp³-hybridized carbons (Fsp3) is 0.400. The molecule has 0 unspecified atom stereocenters. The largest absolute Gasteiger partial charge is 0.280 e. The molecule has 0 aliphatic rings. The Hall–Kier alpha value is -1.23. The summed E-state index contributed by atoms with van der Waals surface area (Å²) in [5, 5.41) is 4.93. The molecule has 0 aliphatic heterocycles. The molecule has 0 saturated carbocycles. The van der Waals surface area contributed by atoms with E-state index in [-0.39, 0.29) is 16.8 Å². The average molecular weight is 246 g/mol. The van der Waals surface area contributed by atoms with Gasteiger partial charge in [-0.25, -0.2) is 18.4 Å². The summed E-state index contributed by atoms with van der Waals surface area (Å²) in [6, 6.07) is 1.23. The number of alkyl halides is 2. The van der Waals surface area contributed by atoms with E-state index in [4.69, 9.17) is 11.6 Å². The third-order valence-electron chi connectivity index (χ3n) is 2.25. The molecular formula is C10H10ClF2N3. The van der Waals surface area contributed by atoms with E-state index >= 15 is 0 Å². The second-order valence-corrected chi connectivity index (χ2v) is 4.16. The summed E-state index contributed by atoms with van der Waals surface area (Å²) in [6.07, 6.45) is -1.09. The predicted octanol–water partition coefficient (Wildman–Crippen LogP) is 3.60. The molecule has 0 spiro atoms. The van der Waals surface area contributed by atoms with E-state index in [1.807, 2.05) is 13.8 Å². The summed E-state index contributed by atoms with van der Waals surface area (Å²) in [4.78, 5) is 3.88. The summed E-state index contributed by atoms with van der Waals surface area (Å²) in [5.41, 5.74) is 0.0812. The third kappa shape index (κ3) is 1.75. The van der Waals surface area contributed by atoms with E-state index in [0.717, 1.165) is 0 Å². The minimum Gasteiger partial charge on any atom is -0.245 e. The van der Waals surface area contributed by atoms with Crippen LogP contribution in [0.2, 0.25) is 5.02 Å². The molecule has 0 atom stereocenters. The van der Waals surface area contributed by atoms with Gasteiger partial charge in [-0.15, -0.1) is 0 Å². The molecule has 0 fully saturated rings. The van der Waals surface area contributed by atoms with Crippen molar-refractivity contribution in [3.8, 4) is 0 Å². The molecule has 2 rings (SSSR count). The first kappa shape index (κ1) is 11.3. The van der Waals surface area contributed by atoms with Crippen molar-refractivity contribution in [3.05, 3.63) is 23.0 Å². The first-order valence-corrected chi connectivity index (χ1v) is 5.20. The van der Waals surface area contributed by atoms with E-state index in [2.05, 4.69) is 10.1 Å². The van der Waals surface area contributed by atoms with Gasteiger partial charge in [0.2, 0.25) is 0 Å². The Bertz CT molecular complexity index is 522. The maximum atomic E-state index is 12.6. The molecule has 3 nitrogen and oxygen atoms in total. The first-order valence-electron chi connectivity index (χ1n) is 4.82. The standard InChI is InChI=1S/C10H10ClF2N3/c1-5(2)16-10-6(4-14-16)7(11)3-8(15-10)9(12)13/h3-5,9H,1-2H3. The van der Waals surface area contributed by atoms with Gasteiger partial charge in [0.25, 0.3) is 6.43 Å². The smallest absolute Gasteiger partial charge is 0.245 e. The van der Waals surface area contributed by atoms with Gasteiger partial charge in [0.05, 0.1) is 16.6 Å². The number of pyridine rings is 1. The van der Waals surface area contributed by atoms with Crippen molar-refractivity contribution in [3.63, 3.8) is 0 Å². The summed E-state index contributed by atoms with van der Waals surface area (Å²) >= 11 is 5.90. The fourth-order valence-corrected chi connectivity index (χ4v) is 1.73. The highest BCUT2D eigenvalue weighted by molar-refractivity contribution is 6.35. The van der Waals surface area contributed by atoms with Crippen molar-refractivity contribution in [1.82, 2.24) is 14.8 Å². The lowest BCUT2D eigenvalue weighted by atomic mass is 10.3. The van der Waals surface area contributed by atoms with Crippen LogP contribution in [0.3, 0.4) is 0 Å². The Morgan fingerprint density at radius 3 is 2.62 bits per heavy atom. The van der Waals surface area contributed by atoms with Gasteiger partial charge in [0.1, 0.15) is 5.69 Å². The minimum atomic E-state index is -2.63. The zero-order chi connectivity index (χ0) is 11.9. The van der Waals surface area contributed by atoms with E-state index < -0.39 is 6.43 Å². The van der Waals surface area contributed by atoms with Gasteiger partial charge >= 0.3 is 0 Å². The third-order valence-corrected chi connectivity index (χ3v) is 2.56. The number of aromatic nitrogens is 3. The van der Waals surface area contributed by atoms with E-state index in [9.17, 15) is 8.78 Å². The highest BCUT2D eigenvalue weighted by Gasteiger charge is 2.16. The van der Waals surface area contributed by atoms with Gasteiger partial charge in [-0.1, -0.05) is 11.6 Å². The van der Waals surface area contributed by atoms with E-state index in [1.54, 1.807) is 10.9 Å². The summed E-state index contributed by atoms with van der Waals surface area (Å²) in [6.45, 7) is 3.80. The Labute approximate surface area is 96.0 Å². The van der Waals surface area contributed by atoms with Crippen LogP contribution in [0.15, 0.2) is 12.3 Å². The summed E-state index contributed by atoms with van der Waals surface area (Å²) in [7, 11) is 0. The van der Waals surface area contributed by atoms with Crippen LogP contribution in [0, 0.1) is 0 Å². The molecule has 6 heteroatoms. The van der Waals surface area contributed by atoms with Crippen molar-refractivity contribution in [1.29, 1.82) is 0 Å². The van der Waals surface area contributed by atoms with Crippen molar-refractivity contribution < 1.29 is 8.78 Å². The lowest BCUT2D eigenvalue weighted by molar-refractivity contribution is 0.146. The van der Waals surface area contributed by atoms with Crippen molar-refractivity contribution in [2.75, 3.05) is 0 Å². The molecule has 0 saturated heterocycles. The molecule has 86 valence electrons. The molecule has 0 aromatic carbocycles. The number of nitrogens with zero attached hydrogens (tertiary/aromatic N) is 3. The lowest BCUT2D eigenvalue weighted by Gasteiger charge is -2.07. The fourth-order valence-electron chi connectivity index (χ4n) is 1.49. The molecule has 0 bridgehead atoms. The van der Waals surface area contributed by atoms with Gasteiger partial charge in [-0.05, 0) is 19.9 Å². The molecule has 0 aliphatic carbocycles. The Morgan fingerprint density at radius 2 is 2.06 bits per heavy atom. The average Bonchev–Trinajstić information content (AvgIpc) is 2.61. The van der Waals surface area contributed by atoms with E-state index in [0.29, 0.717) is 11.0 Å². The number of fused-ring (bicyclic) bond motifs is 1. The minimum absolute atomic E-state index is 0.0500. The second kappa shape index (κ2) is 3.97. The molecule has 16 heavy (non-hydrogen) atoms. The Kier molecular flexibility index (Phi) is 2.80. The van der Waals surface area contributed by atoms with Crippen LogP contribution in [0.5, 0.6) is 0 Å². The molecule has 0 radical (unpaired) electrons. The predicted molar refractivity (Wildman–Crippen MR) is 57.9 cm³/mol. The summed E-state index contributed by atoms with van der Waals surface area (Å²) < 4.78 is 26.7. The quantitative estimate of drug-likeness (QED) is 0.809. The summed E-state index contributed by atoms with van der Waals surface area (Å²) in [5.74, 6) is 0. The number of hydrogen-bond acceptors (Lipinski definition) is 2. The van der Waals surface area contributed by atoms with Crippen LogP contribution in [-0.2, 0) is 0 Å². The monoisotopic (exact) mass is 245 g/mol. The maximum absolute atomic E-state index is 12.6. The molecule has 2 aromatic rings. The number of halogens is 3. The van der Waals surface area contributed by atoms with Crippen LogP contribution in [0.25, 0.3) is 11.0 Å². The number of rotatable bonds is 2. The van der Waals surface area contributed by atoms with Crippen molar-refractivity contribution in [2.45, 2.75) is 26.3 Å². The normalized spacial score (nSPS) is 11.9. The molecule has 2 aromatic heterocycles. The zero-order valence-electron chi connectivity index (χ0n) is 8.78. The Balaban J connectivity index is 2.71. The Morgan fingerprint density at radius 1 is 1.38 bits per heavy atom. The molecular weight excluding hydrogens is 236 g/mol. The van der Waals surface area contributed by atoms with Gasteiger partial charge in [-0.2, -0.15) is 5.10 Å². The first-order chi connectivity index (χ1) is 7.50. The molecule has 0 amide bonds. The van der Waals surface area contributed by atoms with Gasteiger partial charge in [0, 0.05) is 6.04 Å². The van der Waals surface area contributed by atoms with Crippen LogP contribution in [-0.4, -0.2) is 14.8 Å². The van der Waals surface area contributed by atoms with Crippen LogP contribution >= 0.6 is 11.6 Å². The zero-order valence-corrected chi connectivity index (χ0v) is 9.54. The molecule has 0 N–H and O–H groups in total. The lowest BCUT2D eigenvalue weighted by Crippen LogP contribution is -2.04. The SMILES string of the molecule is CC(C)n1ncc2c(Cl)cc(C(F)F)nc21. The van der Waals surface area contributed by atoms with Crippen LogP contribution < -0.4 is 0 Å². The van der Waals surface area contributed by atoms with Crippen molar-refractivity contribution >= 4 is 22.6 Å². The second-order valence-electron chi connectivity index (χ2n) is 3.75. The topological polar surface area (TPSA) is 30.7 Å². The van der Waals surface area contributed by atoms with Crippen LogP contribution in [0.4, 0.5) is 8.78 Å². The van der Waals surface area contributed by atoms with Gasteiger partial charge in [0.15, 0.2) is 5.65 Å². The van der Waals surface area contributed by atoms with Gasteiger partial charge in [-0.3, -0.25) is 0 Å². The highest BCUT2D eigenvalue weighted by Crippen LogP contribution is 2.28. The van der Waals surface area contributed by atoms with E-state index in [1.165, 1.54) is 6.07 Å².